The number of anilines is 1. The number of imidazole rings is 1. The third kappa shape index (κ3) is 3.87. The Kier molecular flexibility index (Phi) is 5.20. The summed E-state index contributed by atoms with van der Waals surface area (Å²) in [5.74, 6) is -0.451. The molecule has 4 aromatic rings. The number of thioether (sulfide) groups is 1. The molecule has 0 saturated heterocycles. The second kappa shape index (κ2) is 7.96. The lowest BCUT2D eigenvalue weighted by Gasteiger charge is -2.07. The zero-order chi connectivity index (χ0) is 21.3. The summed E-state index contributed by atoms with van der Waals surface area (Å²) in [6.45, 7) is 0. The van der Waals surface area contributed by atoms with Crippen molar-refractivity contribution >= 4 is 40.1 Å². The minimum atomic E-state index is -0.582. The number of hydrogen-bond donors (Lipinski definition) is 2. The second-order valence-corrected chi connectivity index (χ2v) is 7.30. The van der Waals surface area contributed by atoms with Crippen molar-refractivity contribution in [3.05, 3.63) is 82.2 Å². The predicted molar refractivity (Wildman–Crippen MR) is 114 cm³/mol. The Hall–Kier alpha value is -3.72. The van der Waals surface area contributed by atoms with Gasteiger partial charge >= 0.3 is 0 Å². The van der Waals surface area contributed by atoms with Gasteiger partial charge in [0.1, 0.15) is 17.2 Å². The molecule has 9 heteroatoms. The van der Waals surface area contributed by atoms with E-state index in [4.69, 9.17) is 0 Å². The number of fused-ring (bicyclic) bond motifs is 1. The van der Waals surface area contributed by atoms with Crippen LogP contribution in [0.5, 0.6) is 0 Å². The molecule has 2 N–H and O–H groups in total. The van der Waals surface area contributed by atoms with E-state index < -0.39 is 10.8 Å². The quantitative estimate of drug-likeness (QED) is 0.260. The molecule has 0 aliphatic heterocycles. The van der Waals surface area contributed by atoms with E-state index in [0.717, 1.165) is 4.90 Å². The molecule has 30 heavy (non-hydrogen) atoms. The highest BCUT2D eigenvalue weighted by atomic mass is 32.2. The highest BCUT2D eigenvalue weighted by molar-refractivity contribution is 7.98. The first-order chi connectivity index (χ1) is 14.4. The van der Waals surface area contributed by atoms with Crippen molar-refractivity contribution in [2.24, 2.45) is 0 Å². The van der Waals surface area contributed by atoms with Crippen LogP contribution < -0.4 is 5.32 Å². The van der Waals surface area contributed by atoms with Gasteiger partial charge in [0.15, 0.2) is 0 Å². The predicted octanol–water partition coefficient (Wildman–Crippen LogP) is 5.25. The zero-order valence-corrected chi connectivity index (χ0v) is 16.5. The fourth-order valence-corrected chi connectivity index (χ4v) is 3.48. The summed E-state index contributed by atoms with van der Waals surface area (Å²) < 4.78 is 13.5. The molecule has 150 valence electrons. The highest BCUT2D eigenvalue weighted by Gasteiger charge is 2.21. The van der Waals surface area contributed by atoms with Gasteiger partial charge in [-0.1, -0.05) is 12.1 Å². The summed E-state index contributed by atoms with van der Waals surface area (Å²) >= 11 is 1.39. The number of nitro benzene ring substituents is 1. The van der Waals surface area contributed by atoms with Crippen LogP contribution in [-0.4, -0.2) is 27.1 Å². The van der Waals surface area contributed by atoms with Gasteiger partial charge < -0.3 is 10.3 Å². The molecule has 0 atom stereocenters. The number of hydrogen-bond acceptors (Lipinski definition) is 5. The molecule has 1 heterocycles. The van der Waals surface area contributed by atoms with Crippen molar-refractivity contribution in [3.8, 4) is 11.4 Å². The lowest BCUT2D eigenvalue weighted by atomic mass is 10.1. The number of aromatic amines is 1. The van der Waals surface area contributed by atoms with Crippen LogP contribution in [0.2, 0.25) is 0 Å². The van der Waals surface area contributed by atoms with Crippen LogP contribution in [0.3, 0.4) is 0 Å². The molecule has 7 nitrogen and oxygen atoms in total. The highest BCUT2D eigenvalue weighted by Crippen LogP contribution is 2.27. The number of rotatable bonds is 5. The molecular formula is C21H15FN4O3S. The van der Waals surface area contributed by atoms with E-state index >= 15 is 0 Å². The third-order valence-electron chi connectivity index (χ3n) is 4.48. The number of carbonyl (C=O) groups excluding carboxylic acids is 1. The molecule has 1 amide bonds. The van der Waals surface area contributed by atoms with Crippen molar-refractivity contribution in [2.75, 3.05) is 11.6 Å². The Morgan fingerprint density at radius 3 is 2.73 bits per heavy atom. The molecule has 0 bridgehead atoms. The van der Waals surface area contributed by atoms with E-state index in [-0.39, 0.29) is 17.1 Å². The van der Waals surface area contributed by atoms with Gasteiger partial charge in [-0.25, -0.2) is 9.37 Å². The van der Waals surface area contributed by atoms with E-state index in [1.807, 2.05) is 6.26 Å². The van der Waals surface area contributed by atoms with Gasteiger partial charge in [-0.3, -0.25) is 14.9 Å². The summed E-state index contributed by atoms with van der Waals surface area (Å²) in [7, 11) is 0. The fraction of sp³-hybridized carbons (Fsp3) is 0.0476. The van der Waals surface area contributed by atoms with Gasteiger partial charge in [0, 0.05) is 22.2 Å². The first kappa shape index (κ1) is 19.6. The number of carbonyl (C=O) groups is 1. The molecular weight excluding hydrogens is 407 g/mol. The SMILES string of the molecule is CSc1ccc([N+](=O)[O-])c(C(=O)Nc2ccc3nc(-c4cccc(F)c4)[nH]c3c2)c1. The van der Waals surface area contributed by atoms with E-state index in [1.165, 1.54) is 36.0 Å². The topological polar surface area (TPSA) is 101 Å². The van der Waals surface area contributed by atoms with E-state index in [2.05, 4.69) is 15.3 Å². The van der Waals surface area contributed by atoms with Gasteiger partial charge in [0.25, 0.3) is 11.6 Å². The summed E-state index contributed by atoms with van der Waals surface area (Å²) in [5, 5.41) is 14.0. The molecule has 0 radical (unpaired) electrons. The second-order valence-electron chi connectivity index (χ2n) is 6.42. The lowest BCUT2D eigenvalue weighted by molar-refractivity contribution is -0.385. The maximum atomic E-state index is 13.5. The molecule has 0 unspecified atom stereocenters. The Labute approximate surface area is 174 Å². The number of nitrogens with one attached hydrogen (secondary N) is 2. The largest absolute Gasteiger partial charge is 0.338 e. The van der Waals surface area contributed by atoms with Crippen molar-refractivity contribution in [3.63, 3.8) is 0 Å². The van der Waals surface area contributed by atoms with Gasteiger partial charge in [-0.05, 0) is 48.7 Å². The molecule has 0 aliphatic carbocycles. The van der Waals surface area contributed by atoms with E-state index in [0.29, 0.717) is 28.1 Å². The number of amides is 1. The lowest BCUT2D eigenvalue weighted by Crippen LogP contribution is -2.14. The van der Waals surface area contributed by atoms with Crippen LogP contribution in [-0.2, 0) is 0 Å². The Morgan fingerprint density at radius 2 is 2.00 bits per heavy atom. The molecule has 0 aliphatic rings. The molecule has 0 spiro atoms. The van der Waals surface area contributed by atoms with Crippen LogP contribution >= 0.6 is 11.8 Å². The zero-order valence-electron chi connectivity index (χ0n) is 15.7. The van der Waals surface area contributed by atoms with Gasteiger partial charge in [0.2, 0.25) is 0 Å². The standard InChI is InChI=1S/C21H15FN4O3S/c1-30-15-6-8-19(26(28)29)16(11-15)21(27)23-14-5-7-17-18(10-14)25-20(24-17)12-3-2-4-13(22)9-12/h2-11H,1H3,(H,23,27)(H,24,25). The smallest absolute Gasteiger partial charge is 0.282 e. The van der Waals surface area contributed by atoms with Crippen molar-refractivity contribution in [1.82, 2.24) is 9.97 Å². The minimum Gasteiger partial charge on any atom is -0.338 e. The van der Waals surface area contributed by atoms with Crippen molar-refractivity contribution < 1.29 is 14.1 Å². The van der Waals surface area contributed by atoms with E-state index in [9.17, 15) is 19.3 Å². The van der Waals surface area contributed by atoms with Crippen LogP contribution in [0.25, 0.3) is 22.4 Å². The number of H-pyrrole nitrogens is 1. The molecule has 0 fully saturated rings. The first-order valence-electron chi connectivity index (χ1n) is 8.84. The Balaban J connectivity index is 1.64. The van der Waals surface area contributed by atoms with Crippen LogP contribution in [0.1, 0.15) is 10.4 Å². The Bertz CT molecular complexity index is 1290. The van der Waals surface area contributed by atoms with Crippen molar-refractivity contribution in [1.29, 1.82) is 0 Å². The molecule has 3 aromatic carbocycles. The number of aromatic nitrogens is 2. The van der Waals surface area contributed by atoms with Gasteiger partial charge in [0.05, 0.1) is 16.0 Å². The summed E-state index contributed by atoms with van der Waals surface area (Å²) in [6, 6.07) is 15.5. The average Bonchev–Trinajstić information content (AvgIpc) is 3.16. The molecule has 0 saturated carbocycles. The number of benzene rings is 3. The van der Waals surface area contributed by atoms with Gasteiger partial charge in [-0.2, -0.15) is 0 Å². The molecule has 4 rings (SSSR count). The van der Waals surface area contributed by atoms with Gasteiger partial charge in [-0.15, -0.1) is 11.8 Å². The minimum absolute atomic E-state index is 0.0167. The summed E-state index contributed by atoms with van der Waals surface area (Å²) in [4.78, 5) is 31.7. The normalized spacial score (nSPS) is 10.9. The summed E-state index contributed by atoms with van der Waals surface area (Å²) in [5.41, 5.74) is 2.05. The maximum Gasteiger partial charge on any atom is 0.282 e. The van der Waals surface area contributed by atoms with Crippen LogP contribution in [0.4, 0.5) is 15.8 Å². The summed E-state index contributed by atoms with van der Waals surface area (Å²) in [6.07, 6.45) is 1.82. The molecule has 1 aromatic heterocycles. The first-order valence-corrected chi connectivity index (χ1v) is 10.1. The van der Waals surface area contributed by atoms with Crippen LogP contribution in [0.15, 0.2) is 65.6 Å². The van der Waals surface area contributed by atoms with Crippen molar-refractivity contribution in [2.45, 2.75) is 4.90 Å². The monoisotopic (exact) mass is 422 g/mol. The van der Waals surface area contributed by atoms with Crippen LogP contribution in [0, 0.1) is 15.9 Å². The number of nitro groups is 1. The third-order valence-corrected chi connectivity index (χ3v) is 5.21. The number of halogens is 1. The maximum absolute atomic E-state index is 13.5. The fourth-order valence-electron chi connectivity index (χ4n) is 3.04. The Morgan fingerprint density at radius 1 is 1.17 bits per heavy atom. The number of nitrogens with zero attached hydrogens (tertiary/aromatic N) is 2. The average molecular weight is 422 g/mol. The van der Waals surface area contributed by atoms with E-state index in [1.54, 1.807) is 36.4 Å².